The van der Waals surface area contributed by atoms with Crippen LogP contribution in [-0.4, -0.2) is 40.3 Å². The van der Waals surface area contributed by atoms with Gasteiger partial charge in [-0.25, -0.2) is 4.98 Å². The highest BCUT2D eigenvalue weighted by Gasteiger charge is 2.34. The Morgan fingerprint density at radius 3 is 2.76 bits per heavy atom. The number of imidazole rings is 1. The lowest BCUT2D eigenvalue weighted by Gasteiger charge is -2.28. The zero-order valence-corrected chi connectivity index (χ0v) is 14.5. The first kappa shape index (κ1) is 15.9. The second-order valence-corrected chi connectivity index (χ2v) is 6.71. The van der Waals surface area contributed by atoms with Crippen molar-refractivity contribution in [3.8, 4) is 17.0 Å². The molecule has 2 heterocycles. The molecule has 0 spiro atoms. The van der Waals surface area contributed by atoms with Gasteiger partial charge >= 0.3 is 0 Å². The molecule has 6 nitrogen and oxygen atoms in total. The largest absolute Gasteiger partial charge is 0.496 e. The lowest BCUT2D eigenvalue weighted by molar-refractivity contribution is -0.130. The number of hydrogen-bond acceptors (Lipinski definition) is 4. The SMILES string of the molecule is COc1cc(-c2nc(C3CC3)n3c2CN(C(C)=O)CC3)ccc1C=O. The van der Waals surface area contributed by atoms with Gasteiger partial charge in [0, 0.05) is 31.5 Å². The Bertz CT molecular complexity index is 852. The summed E-state index contributed by atoms with van der Waals surface area (Å²) in [6.45, 7) is 3.69. The predicted octanol–water partition coefficient (Wildman–Crippen LogP) is 2.61. The number of rotatable bonds is 4. The van der Waals surface area contributed by atoms with Crippen molar-refractivity contribution in [1.82, 2.24) is 14.5 Å². The van der Waals surface area contributed by atoms with E-state index in [0.717, 1.165) is 42.2 Å². The zero-order valence-electron chi connectivity index (χ0n) is 14.5. The Morgan fingerprint density at radius 1 is 1.32 bits per heavy atom. The maximum Gasteiger partial charge on any atom is 0.219 e. The lowest BCUT2D eigenvalue weighted by atomic mass is 10.1. The first-order valence-electron chi connectivity index (χ1n) is 8.60. The Balaban J connectivity index is 1.82. The van der Waals surface area contributed by atoms with Crippen molar-refractivity contribution in [3.63, 3.8) is 0 Å². The molecule has 1 saturated carbocycles. The number of nitrogens with zero attached hydrogens (tertiary/aromatic N) is 3. The van der Waals surface area contributed by atoms with Crippen LogP contribution in [0.25, 0.3) is 11.3 Å². The van der Waals surface area contributed by atoms with Gasteiger partial charge in [-0.1, -0.05) is 6.07 Å². The molecule has 2 aliphatic rings. The third-order valence-corrected chi connectivity index (χ3v) is 5.06. The smallest absolute Gasteiger partial charge is 0.219 e. The van der Waals surface area contributed by atoms with Crippen LogP contribution in [0.5, 0.6) is 5.75 Å². The molecule has 130 valence electrons. The Morgan fingerprint density at radius 2 is 2.12 bits per heavy atom. The van der Waals surface area contributed by atoms with E-state index in [-0.39, 0.29) is 5.91 Å². The number of aromatic nitrogens is 2. The van der Waals surface area contributed by atoms with Crippen LogP contribution in [0.2, 0.25) is 0 Å². The van der Waals surface area contributed by atoms with Crippen molar-refractivity contribution in [2.45, 2.75) is 38.8 Å². The minimum Gasteiger partial charge on any atom is -0.496 e. The molecule has 4 rings (SSSR count). The topological polar surface area (TPSA) is 64.4 Å². The van der Waals surface area contributed by atoms with Gasteiger partial charge in [0.25, 0.3) is 0 Å². The lowest BCUT2D eigenvalue weighted by Crippen LogP contribution is -2.37. The van der Waals surface area contributed by atoms with E-state index in [0.29, 0.717) is 23.8 Å². The van der Waals surface area contributed by atoms with Crippen LogP contribution in [0.4, 0.5) is 0 Å². The van der Waals surface area contributed by atoms with Gasteiger partial charge in [0.15, 0.2) is 6.29 Å². The number of aldehydes is 1. The number of hydrogen-bond donors (Lipinski definition) is 0. The number of benzene rings is 1. The fourth-order valence-electron chi connectivity index (χ4n) is 3.50. The summed E-state index contributed by atoms with van der Waals surface area (Å²) in [7, 11) is 1.56. The van der Waals surface area contributed by atoms with Crippen LogP contribution in [-0.2, 0) is 17.9 Å². The second kappa shape index (κ2) is 6.02. The molecule has 6 heteroatoms. The van der Waals surface area contributed by atoms with Crippen LogP contribution in [0.1, 0.15) is 47.6 Å². The standard InChI is InChI=1S/C19H21N3O3/c1-12(24)21-7-8-22-16(10-21)18(20-19(22)13-3-4-13)14-5-6-15(11-23)17(9-14)25-2/h5-6,9,11,13H,3-4,7-8,10H2,1-2H3. The summed E-state index contributed by atoms with van der Waals surface area (Å²) < 4.78 is 7.62. The Labute approximate surface area is 146 Å². The molecule has 2 aromatic rings. The molecule has 1 fully saturated rings. The molecule has 1 aromatic carbocycles. The second-order valence-electron chi connectivity index (χ2n) is 6.71. The molecular formula is C19H21N3O3. The first-order valence-corrected chi connectivity index (χ1v) is 8.60. The number of fused-ring (bicyclic) bond motifs is 1. The van der Waals surface area contributed by atoms with Crippen LogP contribution >= 0.6 is 0 Å². The zero-order chi connectivity index (χ0) is 17.6. The average Bonchev–Trinajstić information content (AvgIpc) is 3.41. The summed E-state index contributed by atoms with van der Waals surface area (Å²) in [4.78, 5) is 29.8. The van der Waals surface area contributed by atoms with E-state index in [1.807, 2.05) is 17.0 Å². The van der Waals surface area contributed by atoms with Crippen molar-refractivity contribution >= 4 is 12.2 Å². The minimum atomic E-state index is 0.0836. The maximum atomic E-state index is 11.8. The van der Waals surface area contributed by atoms with Crippen LogP contribution in [0.15, 0.2) is 18.2 Å². The number of carbonyl (C=O) groups is 2. The van der Waals surface area contributed by atoms with Gasteiger partial charge in [0.05, 0.1) is 30.6 Å². The van der Waals surface area contributed by atoms with Crippen molar-refractivity contribution in [2.75, 3.05) is 13.7 Å². The van der Waals surface area contributed by atoms with Crippen LogP contribution < -0.4 is 4.74 Å². The minimum absolute atomic E-state index is 0.0836. The Kier molecular flexibility index (Phi) is 3.82. The molecule has 25 heavy (non-hydrogen) atoms. The number of methoxy groups -OCH3 is 1. The van der Waals surface area contributed by atoms with Crippen molar-refractivity contribution in [3.05, 3.63) is 35.3 Å². The van der Waals surface area contributed by atoms with Crippen molar-refractivity contribution < 1.29 is 14.3 Å². The number of ether oxygens (including phenoxy) is 1. The molecule has 0 radical (unpaired) electrons. The molecule has 1 aliphatic carbocycles. The number of amides is 1. The van der Waals surface area contributed by atoms with Crippen molar-refractivity contribution in [2.24, 2.45) is 0 Å². The fourth-order valence-corrected chi connectivity index (χ4v) is 3.50. The van der Waals surface area contributed by atoms with Gasteiger partial charge in [-0.15, -0.1) is 0 Å². The normalized spacial score (nSPS) is 16.5. The quantitative estimate of drug-likeness (QED) is 0.803. The van der Waals surface area contributed by atoms with Gasteiger partial charge in [-0.05, 0) is 25.0 Å². The summed E-state index contributed by atoms with van der Waals surface area (Å²) in [5.74, 6) is 2.29. The monoisotopic (exact) mass is 339 g/mol. The third-order valence-electron chi connectivity index (χ3n) is 5.06. The highest BCUT2D eigenvalue weighted by Crippen LogP contribution is 2.42. The van der Waals surface area contributed by atoms with E-state index in [1.54, 1.807) is 20.1 Å². The van der Waals surface area contributed by atoms with Gasteiger partial charge in [0.1, 0.15) is 11.6 Å². The molecular weight excluding hydrogens is 318 g/mol. The highest BCUT2D eigenvalue weighted by atomic mass is 16.5. The summed E-state index contributed by atoms with van der Waals surface area (Å²) in [5, 5.41) is 0. The number of carbonyl (C=O) groups excluding carboxylic acids is 2. The summed E-state index contributed by atoms with van der Waals surface area (Å²) >= 11 is 0. The highest BCUT2D eigenvalue weighted by molar-refractivity contribution is 5.82. The predicted molar refractivity (Wildman–Crippen MR) is 92.7 cm³/mol. The summed E-state index contributed by atoms with van der Waals surface area (Å²) in [6, 6.07) is 5.52. The molecule has 1 aliphatic heterocycles. The van der Waals surface area contributed by atoms with Gasteiger partial charge < -0.3 is 14.2 Å². The van der Waals surface area contributed by atoms with E-state index < -0.39 is 0 Å². The van der Waals surface area contributed by atoms with E-state index in [4.69, 9.17) is 9.72 Å². The maximum absolute atomic E-state index is 11.8. The molecule has 0 bridgehead atoms. The first-order chi connectivity index (χ1) is 12.1. The third kappa shape index (κ3) is 2.71. The molecule has 1 aromatic heterocycles. The van der Waals surface area contributed by atoms with Gasteiger partial charge in [-0.3, -0.25) is 9.59 Å². The summed E-state index contributed by atoms with van der Waals surface area (Å²) in [5.41, 5.74) is 3.41. The molecule has 0 saturated heterocycles. The van der Waals surface area contributed by atoms with E-state index in [9.17, 15) is 9.59 Å². The molecule has 0 unspecified atom stereocenters. The molecule has 0 atom stereocenters. The Hall–Kier alpha value is -2.63. The van der Waals surface area contributed by atoms with Gasteiger partial charge in [0.2, 0.25) is 5.91 Å². The van der Waals surface area contributed by atoms with Crippen molar-refractivity contribution in [1.29, 1.82) is 0 Å². The average molecular weight is 339 g/mol. The van der Waals surface area contributed by atoms with E-state index >= 15 is 0 Å². The molecule has 1 amide bonds. The van der Waals surface area contributed by atoms with Crippen LogP contribution in [0.3, 0.4) is 0 Å². The summed E-state index contributed by atoms with van der Waals surface area (Å²) in [6.07, 6.45) is 3.15. The molecule has 0 N–H and O–H groups in total. The fraction of sp³-hybridized carbons (Fsp3) is 0.421. The van der Waals surface area contributed by atoms with E-state index in [2.05, 4.69) is 4.57 Å². The van der Waals surface area contributed by atoms with E-state index in [1.165, 1.54) is 12.8 Å². The van der Waals surface area contributed by atoms with Crippen LogP contribution in [0, 0.1) is 0 Å². The van der Waals surface area contributed by atoms with Gasteiger partial charge in [-0.2, -0.15) is 0 Å².